The first-order valence-corrected chi connectivity index (χ1v) is 23.2. The van der Waals surface area contributed by atoms with E-state index >= 15 is 0 Å². The molecule has 0 amide bonds. The van der Waals surface area contributed by atoms with Gasteiger partial charge < -0.3 is 28.4 Å². The van der Waals surface area contributed by atoms with Gasteiger partial charge in [0, 0.05) is 28.7 Å². The topological polar surface area (TPSA) is 124 Å². The molecule has 0 saturated heterocycles. The zero-order valence-electron chi connectivity index (χ0n) is 36.9. The number of hydrogen-bond acceptors (Lipinski definition) is 10. The number of ether oxygens (including phenoxy) is 6. The molecule has 10 heteroatoms. The molecule has 8 aliphatic carbocycles. The molecule has 10 nitrogen and oxygen atoms in total. The Hall–Kier alpha value is -3.24. The van der Waals surface area contributed by atoms with E-state index in [0.717, 1.165) is 60.2 Å². The fourth-order valence-electron chi connectivity index (χ4n) is 13.4. The molecule has 0 aromatic rings. The third-order valence-electron chi connectivity index (χ3n) is 15.7. The van der Waals surface area contributed by atoms with Crippen LogP contribution in [0.2, 0.25) is 0 Å². The van der Waals surface area contributed by atoms with E-state index in [2.05, 4.69) is 26.3 Å². The first-order chi connectivity index (χ1) is 28.5. The number of carbonyl (C=O) groups excluding carboxylic acids is 4. The van der Waals surface area contributed by atoms with Gasteiger partial charge in [-0.05, 0) is 176 Å². The molecule has 60 heavy (non-hydrogen) atoms. The average Bonchev–Trinajstić information content (AvgIpc) is 3.97. The molecule has 11 unspecified atom stereocenters. The van der Waals surface area contributed by atoms with E-state index in [1.807, 2.05) is 0 Å². The number of rotatable bonds is 20. The number of carbonyl (C=O) groups is 4. The molecule has 0 spiro atoms. The van der Waals surface area contributed by atoms with E-state index in [4.69, 9.17) is 28.4 Å². The fraction of sp³-hybridized carbons (Fsp3) is 0.760. The van der Waals surface area contributed by atoms with Crippen LogP contribution in [0, 0.1) is 64.6 Å². The van der Waals surface area contributed by atoms with Crippen LogP contribution in [0.1, 0.15) is 124 Å². The zero-order chi connectivity index (χ0) is 42.9. The van der Waals surface area contributed by atoms with Gasteiger partial charge in [-0.1, -0.05) is 32.7 Å². The van der Waals surface area contributed by atoms with Gasteiger partial charge in [0.25, 0.3) is 0 Å². The third kappa shape index (κ3) is 10.9. The van der Waals surface area contributed by atoms with E-state index in [9.17, 15) is 19.2 Å². The summed E-state index contributed by atoms with van der Waals surface area (Å²) in [6, 6.07) is 0. The highest BCUT2D eigenvalue weighted by Gasteiger charge is 2.58. The second-order valence-electron chi connectivity index (χ2n) is 20.9. The predicted molar refractivity (Wildman–Crippen MR) is 227 cm³/mol. The smallest absolute Gasteiger partial charge is 0.333 e. The monoisotopic (exact) mass is 833 g/mol. The molecule has 0 aliphatic heterocycles. The van der Waals surface area contributed by atoms with Gasteiger partial charge in [-0.3, -0.25) is 0 Å². The minimum Gasteiger partial charge on any atom is -0.458 e. The maximum absolute atomic E-state index is 12.8. The zero-order valence-corrected chi connectivity index (χ0v) is 36.9. The Morgan fingerprint density at radius 1 is 0.517 bits per heavy atom. The molecule has 0 radical (unpaired) electrons. The van der Waals surface area contributed by atoms with E-state index < -0.39 is 36.1 Å². The van der Waals surface area contributed by atoms with Crippen molar-refractivity contribution in [1.82, 2.24) is 0 Å². The molecule has 8 aliphatic rings. The Labute approximate surface area is 358 Å². The Kier molecular flexibility index (Phi) is 14.2. The van der Waals surface area contributed by atoms with Crippen LogP contribution >= 0.6 is 0 Å². The summed E-state index contributed by atoms with van der Waals surface area (Å²) in [6.45, 7) is 21.0. The molecule has 0 N–H and O–H groups in total. The summed E-state index contributed by atoms with van der Waals surface area (Å²) in [7, 11) is 0. The lowest BCUT2D eigenvalue weighted by Gasteiger charge is -2.62. The second-order valence-corrected chi connectivity index (χ2v) is 20.9. The van der Waals surface area contributed by atoms with Gasteiger partial charge in [-0.2, -0.15) is 0 Å². The van der Waals surface area contributed by atoms with Gasteiger partial charge in [-0.25, -0.2) is 19.2 Å². The molecule has 0 heterocycles. The summed E-state index contributed by atoms with van der Waals surface area (Å²) in [5.41, 5.74) is 1.20. The van der Waals surface area contributed by atoms with Crippen molar-refractivity contribution in [2.24, 2.45) is 64.6 Å². The highest BCUT2D eigenvalue weighted by atomic mass is 16.6. The molecule has 8 fully saturated rings. The predicted octanol–water partition coefficient (Wildman–Crippen LogP) is 9.07. The van der Waals surface area contributed by atoms with Gasteiger partial charge >= 0.3 is 23.9 Å². The van der Waals surface area contributed by atoms with Crippen LogP contribution in [0.5, 0.6) is 0 Å². The second kappa shape index (κ2) is 19.0. The molecule has 0 aromatic carbocycles. The van der Waals surface area contributed by atoms with E-state index in [1.165, 1.54) is 77.0 Å². The first kappa shape index (κ1) is 44.8. The van der Waals surface area contributed by atoms with Crippen molar-refractivity contribution in [1.29, 1.82) is 0 Å². The lowest BCUT2D eigenvalue weighted by Crippen LogP contribution is -2.56. The summed E-state index contributed by atoms with van der Waals surface area (Å²) in [4.78, 5) is 50.5. The Balaban J connectivity index is 1.14. The molecule has 6 bridgehead atoms. The minimum absolute atomic E-state index is 0.0464. The quantitative estimate of drug-likeness (QED) is 0.0667. The highest BCUT2D eigenvalue weighted by Crippen LogP contribution is 2.66. The van der Waals surface area contributed by atoms with Crippen LogP contribution in [-0.4, -0.2) is 74.7 Å². The molecule has 8 rings (SSSR count). The van der Waals surface area contributed by atoms with Crippen molar-refractivity contribution in [2.75, 3.05) is 26.4 Å². The molecule has 8 saturated carbocycles. The molecule has 11 atom stereocenters. The van der Waals surface area contributed by atoms with Crippen molar-refractivity contribution in [3.63, 3.8) is 0 Å². The van der Waals surface area contributed by atoms with E-state index in [-0.39, 0.29) is 78.2 Å². The van der Waals surface area contributed by atoms with Crippen LogP contribution in [0.4, 0.5) is 0 Å². The van der Waals surface area contributed by atoms with Crippen molar-refractivity contribution in [3.8, 4) is 0 Å². The first-order valence-electron chi connectivity index (χ1n) is 23.2. The largest absolute Gasteiger partial charge is 0.458 e. The summed E-state index contributed by atoms with van der Waals surface area (Å²) >= 11 is 0. The van der Waals surface area contributed by atoms with Gasteiger partial charge in [-0.15, -0.1) is 0 Å². The number of esters is 4. The van der Waals surface area contributed by atoms with Crippen molar-refractivity contribution in [3.05, 3.63) is 48.6 Å². The molecule has 0 aromatic heterocycles. The number of hydrogen-bond donors (Lipinski definition) is 0. The summed E-state index contributed by atoms with van der Waals surface area (Å²) in [6.07, 6.45) is 16.5. The van der Waals surface area contributed by atoms with Crippen LogP contribution in [0.15, 0.2) is 48.6 Å². The highest BCUT2D eigenvalue weighted by molar-refractivity contribution is 5.88. The Bertz CT molecular complexity index is 1640. The lowest BCUT2D eigenvalue weighted by atomic mass is 9.44. The SMILES string of the molecule is C=C(C)C(=O)OCC(COC1CC(OCC(COC(=O)C(=C)C)OC(=O)C(=C)C)C(C23CC4CC(CC(C4)C2)C3)CC1CCC1CC2CC(C1)C1CC1C2)OC(=O)C(=C)C. The normalized spacial score (nSPS) is 36.8. The Morgan fingerprint density at radius 3 is 1.50 bits per heavy atom. The Morgan fingerprint density at radius 2 is 1.00 bits per heavy atom. The van der Waals surface area contributed by atoms with Gasteiger partial charge in [0.2, 0.25) is 0 Å². The van der Waals surface area contributed by atoms with Gasteiger partial charge in [0.1, 0.15) is 13.2 Å². The van der Waals surface area contributed by atoms with Crippen molar-refractivity contribution in [2.45, 2.75) is 148 Å². The summed E-state index contributed by atoms with van der Waals surface area (Å²) in [5.74, 6) is 5.06. The van der Waals surface area contributed by atoms with Crippen LogP contribution in [0.3, 0.4) is 0 Å². The molecular weight excluding hydrogens is 761 g/mol. The number of fused-ring (bicyclic) bond motifs is 4. The standard InChI is InChI=1S/C50H72O10/c1-28(2)46(51)57-26-40(59-48(53)30(5)6)24-55-44-20-45(56-25-41(60-49(54)31(7)8)27-58-47(52)29(3)4)43(50-21-34-12-35(22-50)14-36(13-34)23-50)19-37(44)10-9-32-11-33-16-38(15-32)42-18-39(42)17-33/h32-45H,1,3,5,7,9-27H2,2,4,6,8H3. The van der Waals surface area contributed by atoms with Crippen LogP contribution in [-0.2, 0) is 47.6 Å². The lowest BCUT2D eigenvalue weighted by molar-refractivity contribution is -0.191. The van der Waals surface area contributed by atoms with Gasteiger partial charge in [0.05, 0.1) is 25.4 Å². The van der Waals surface area contributed by atoms with E-state index in [1.54, 1.807) is 27.7 Å². The minimum atomic E-state index is -0.837. The average molecular weight is 833 g/mol. The maximum atomic E-state index is 12.8. The molecule has 332 valence electrons. The van der Waals surface area contributed by atoms with Crippen LogP contribution < -0.4 is 0 Å². The van der Waals surface area contributed by atoms with Crippen molar-refractivity contribution >= 4 is 23.9 Å². The van der Waals surface area contributed by atoms with Crippen LogP contribution in [0.25, 0.3) is 0 Å². The van der Waals surface area contributed by atoms with E-state index in [0.29, 0.717) is 6.42 Å². The maximum Gasteiger partial charge on any atom is 0.333 e. The summed E-state index contributed by atoms with van der Waals surface area (Å²) < 4.78 is 36.5. The molecular formula is C50H72O10. The fourth-order valence-corrected chi connectivity index (χ4v) is 13.4. The van der Waals surface area contributed by atoms with Crippen molar-refractivity contribution < 1.29 is 47.6 Å². The van der Waals surface area contributed by atoms with Gasteiger partial charge in [0.15, 0.2) is 12.2 Å². The summed E-state index contributed by atoms with van der Waals surface area (Å²) in [5, 5.41) is 0. The third-order valence-corrected chi connectivity index (χ3v) is 15.7.